The molecule has 21 heavy (non-hydrogen) atoms. The highest BCUT2D eigenvalue weighted by Crippen LogP contribution is 2.31. The van der Waals surface area contributed by atoms with Crippen LogP contribution in [0.2, 0.25) is 0 Å². The van der Waals surface area contributed by atoms with Gasteiger partial charge in [-0.2, -0.15) is 0 Å². The number of anilines is 1. The van der Waals surface area contributed by atoms with Crippen LogP contribution in [0.4, 0.5) is 10.1 Å². The zero-order valence-corrected chi connectivity index (χ0v) is 11.2. The first kappa shape index (κ1) is 13.4. The predicted molar refractivity (Wildman–Crippen MR) is 76.0 cm³/mol. The van der Waals surface area contributed by atoms with Gasteiger partial charge in [-0.3, -0.25) is 4.79 Å². The maximum absolute atomic E-state index is 12.8. The summed E-state index contributed by atoms with van der Waals surface area (Å²) in [5, 5.41) is 2.70. The first-order valence-electron chi connectivity index (χ1n) is 6.64. The van der Waals surface area contributed by atoms with Gasteiger partial charge in [0.25, 0.3) is 0 Å². The van der Waals surface area contributed by atoms with Crippen molar-refractivity contribution in [1.82, 2.24) is 0 Å². The lowest BCUT2D eigenvalue weighted by Crippen LogP contribution is -2.33. The number of halogens is 1. The molecule has 3 rings (SSSR count). The minimum Gasteiger partial charge on any atom is -0.486 e. The van der Waals surface area contributed by atoms with Crippen molar-refractivity contribution in [3.8, 4) is 11.5 Å². The fourth-order valence-electron chi connectivity index (χ4n) is 2.12. The first-order valence-corrected chi connectivity index (χ1v) is 6.64. The quantitative estimate of drug-likeness (QED) is 0.944. The third-order valence-corrected chi connectivity index (χ3v) is 3.11. The lowest BCUT2D eigenvalue weighted by atomic mass is 10.2. The third kappa shape index (κ3) is 3.31. The van der Waals surface area contributed by atoms with E-state index in [-0.39, 0.29) is 24.2 Å². The van der Waals surface area contributed by atoms with Gasteiger partial charge in [0.1, 0.15) is 18.5 Å². The molecule has 1 atom stereocenters. The molecular formula is C16H14FNO3. The summed E-state index contributed by atoms with van der Waals surface area (Å²) in [7, 11) is 0. The van der Waals surface area contributed by atoms with Crippen LogP contribution < -0.4 is 14.8 Å². The normalized spacial score (nSPS) is 16.3. The molecule has 5 heteroatoms. The van der Waals surface area contributed by atoms with E-state index in [1.54, 1.807) is 6.07 Å². The maximum atomic E-state index is 12.8. The Kier molecular flexibility index (Phi) is 3.73. The van der Waals surface area contributed by atoms with Crippen LogP contribution in [-0.4, -0.2) is 18.6 Å². The van der Waals surface area contributed by atoms with Gasteiger partial charge < -0.3 is 14.8 Å². The van der Waals surface area contributed by atoms with Crippen molar-refractivity contribution >= 4 is 11.6 Å². The van der Waals surface area contributed by atoms with Crippen LogP contribution in [0.15, 0.2) is 48.5 Å². The zero-order valence-electron chi connectivity index (χ0n) is 11.2. The number of nitrogens with one attached hydrogen (secondary N) is 1. The molecule has 1 aliphatic rings. The Morgan fingerprint density at radius 1 is 1.14 bits per heavy atom. The SMILES string of the molecule is O=C(CC1COc2ccccc2O1)Nc1ccc(F)cc1. The Hall–Kier alpha value is -2.56. The van der Waals surface area contributed by atoms with Crippen molar-refractivity contribution in [2.45, 2.75) is 12.5 Å². The van der Waals surface area contributed by atoms with Crippen molar-refractivity contribution in [3.05, 3.63) is 54.3 Å². The van der Waals surface area contributed by atoms with Gasteiger partial charge in [-0.25, -0.2) is 4.39 Å². The fraction of sp³-hybridized carbons (Fsp3) is 0.188. The van der Waals surface area contributed by atoms with Crippen LogP contribution in [0.1, 0.15) is 6.42 Å². The molecule has 1 unspecified atom stereocenters. The summed E-state index contributed by atoms with van der Waals surface area (Å²) in [4.78, 5) is 11.9. The van der Waals surface area contributed by atoms with E-state index in [4.69, 9.17) is 9.47 Å². The zero-order chi connectivity index (χ0) is 14.7. The highest BCUT2D eigenvalue weighted by atomic mass is 19.1. The molecule has 2 aromatic rings. The molecule has 0 aliphatic carbocycles. The Morgan fingerprint density at radius 3 is 2.62 bits per heavy atom. The van der Waals surface area contributed by atoms with Gasteiger partial charge in [0, 0.05) is 5.69 Å². The topological polar surface area (TPSA) is 47.6 Å². The smallest absolute Gasteiger partial charge is 0.228 e. The summed E-state index contributed by atoms with van der Waals surface area (Å²) in [6.45, 7) is 0.327. The number of fused-ring (bicyclic) bond motifs is 1. The second-order valence-corrected chi connectivity index (χ2v) is 4.76. The molecule has 0 radical (unpaired) electrons. The number of para-hydroxylation sites is 2. The van der Waals surface area contributed by atoms with Crippen LogP contribution in [0.25, 0.3) is 0 Å². The maximum Gasteiger partial charge on any atom is 0.228 e. The third-order valence-electron chi connectivity index (χ3n) is 3.11. The molecule has 1 amide bonds. The van der Waals surface area contributed by atoms with E-state index in [1.807, 2.05) is 18.2 Å². The van der Waals surface area contributed by atoms with Gasteiger partial charge >= 0.3 is 0 Å². The molecule has 0 saturated carbocycles. The van der Waals surface area contributed by atoms with Crippen molar-refractivity contribution < 1.29 is 18.7 Å². The molecule has 0 fully saturated rings. The average molecular weight is 287 g/mol. The summed E-state index contributed by atoms with van der Waals surface area (Å²) < 4.78 is 24.1. The molecule has 1 N–H and O–H groups in total. The number of amides is 1. The van der Waals surface area contributed by atoms with Gasteiger partial charge in [-0.15, -0.1) is 0 Å². The summed E-state index contributed by atoms with van der Waals surface area (Å²) in [5.74, 6) is 0.791. The second kappa shape index (κ2) is 5.83. The Bertz CT molecular complexity index is 642. The van der Waals surface area contributed by atoms with Gasteiger partial charge in [-0.05, 0) is 36.4 Å². The number of carbonyl (C=O) groups is 1. The van der Waals surface area contributed by atoms with Crippen LogP contribution >= 0.6 is 0 Å². The summed E-state index contributed by atoms with van der Waals surface area (Å²) in [6.07, 6.45) is -0.161. The largest absolute Gasteiger partial charge is 0.486 e. The van der Waals surface area contributed by atoms with E-state index in [9.17, 15) is 9.18 Å². The van der Waals surface area contributed by atoms with E-state index < -0.39 is 0 Å². The summed E-state index contributed by atoms with van der Waals surface area (Å²) >= 11 is 0. The van der Waals surface area contributed by atoms with E-state index in [0.29, 0.717) is 23.8 Å². The Labute approximate surface area is 121 Å². The summed E-state index contributed by atoms with van der Waals surface area (Å²) in [6, 6.07) is 13.0. The number of benzene rings is 2. The highest BCUT2D eigenvalue weighted by molar-refractivity contribution is 5.91. The van der Waals surface area contributed by atoms with Crippen molar-refractivity contribution in [3.63, 3.8) is 0 Å². The monoisotopic (exact) mass is 287 g/mol. The number of carbonyl (C=O) groups excluding carboxylic acids is 1. The van der Waals surface area contributed by atoms with Crippen LogP contribution in [0.5, 0.6) is 11.5 Å². The van der Waals surface area contributed by atoms with Gasteiger partial charge in [-0.1, -0.05) is 12.1 Å². The van der Waals surface area contributed by atoms with Crippen LogP contribution in [0.3, 0.4) is 0 Å². The minimum atomic E-state index is -0.339. The molecule has 1 heterocycles. The van der Waals surface area contributed by atoms with Crippen molar-refractivity contribution in [1.29, 1.82) is 0 Å². The minimum absolute atomic E-state index is 0.172. The van der Waals surface area contributed by atoms with Gasteiger partial charge in [0.2, 0.25) is 5.91 Å². The average Bonchev–Trinajstić information content (AvgIpc) is 2.49. The Morgan fingerprint density at radius 2 is 1.86 bits per heavy atom. The highest BCUT2D eigenvalue weighted by Gasteiger charge is 2.23. The molecule has 0 saturated heterocycles. The number of rotatable bonds is 3. The molecule has 1 aliphatic heterocycles. The lowest BCUT2D eigenvalue weighted by Gasteiger charge is -2.26. The standard InChI is InChI=1S/C16H14FNO3/c17-11-5-7-12(8-6-11)18-16(19)9-13-10-20-14-3-1-2-4-15(14)21-13/h1-8,13H,9-10H2,(H,18,19). The molecule has 0 aromatic heterocycles. The van der Waals surface area contributed by atoms with Crippen LogP contribution in [-0.2, 0) is 4.79 Å². The molecule has 108 valence electrons. The molecular weight excluding hydrogens is 273 g/mol. The van der Waals surface area contributed by atoms with Crippen molar-refractivity contribution in [2.24, 2.45) is 0 Å². The van der Waals surface area contributed by atoms with Crippen LogP contribution in [0, 0.1) is 5.82 Å². The van der Waals surface area contributed by atoms with E-state index in [2.05, 4.69) is 5.32 Å². The molecule has 4 nitrogen and oxygen atoms in total. The van der Waals surface area contributed by atoms with Gasteiger partial charge in [0.15, 0.2) is 11.5 Å². The van der Waals surface area contributed by atoms with E-state index in [1.165, 1.54) is 24.3 Å². The Balaban J connectivity index is 1.57. The predicted octanol–water partition coefficient (Wildman–Crippen LogP) is 2.99. The number of hydrogen-bond donors (Lipinski definition) is 1. The molecule has 0 bridgehead atoms. The number of hydrogen-bond acceptors (Lipinski definition) is 3. The second-order valence-electron chi connectivity index (χ2n) is 4.76. The molecule has 0 spiro atoms. The van der Waals surface area contributed by atoms with E-state index >= 15 is 0 Å². The lowest BCUT2D eigenvalue weighted by molar-refractivity contribution is -0.118. The molecule has 2 aromatic carbocycles. The number of ether oxygens (including phenoxy) is 2. The van der Waals surface area contributed by atoms with E-state index in [0.717, 1.165) is 0 Å². The summed E-state index contributed by atoms with van der Waals surface area (Å²) in [5.41, 5.74) is 0.554. The van der Waals surface area contributed by atoms with Crippen molar-refractivity contribution in [2.75, 3.05) is 11.9 Å². The fourth-order valence-corrected chi connectivity index (χ4v) is 2.12. The first-order chi connectivity index (χ1) is 10.2. The van der Waals surface area contributed by atoms with Gasteiger partial charge in [0.05, 0.1) is 6.42 Å².